The van der Waals surface area contributed by atoms with Crippen LogP contribution < -0.4 is 0 Å². The summed E-state index contributed by atoms with van der Waals surface area (Å²) >= 11 is 0. The Morgan fingerprint density at radius 2 is 0.974 bits per heavy atom. The highest BCUT2D eigenvalue weighted by molar-refractivity contribution is 5.16. The van der Waals surface area contributed by atoms with Crippen LogP contribution in [-0.2, 0) is 45.3 Å². The molecule has 1 saturated heterocycles. The lowest BCUT2D eigenvalue weighted by Gasteiger charge is -2.44. The van der Waals surface area contributed by atoms with Crippen LogP contribution in [0.2, 0.25) is 0 Å². The van der Waals surface area contributed by atoms with Gasteiger partial charge in [-0.05, 0) is 22.3 Å². The van der Waals surface area contributed by atoms with E-state index in [0.29, 0.717) is 19.8 Å². The lowest BCUT2D eigenvalue weighted by molar-refractivity contribution is -0.320. The molecule has 0 radical (unpaired) electrons. The third-order valence-corrected chi connectivity index (χ3v) is 6.76. The fourth-order valence-electron chi connectivity index (χ4n) is 4.71. The highest BCUT2D eigenvalue weighted by Gasteiger charge is 2.45. The van der Waals surface area contributed by atoms with Gasteiger partial charge in [0.05, 0.1) is 33.0 Å². The van der Waals surface area contributed by atoms with E-state index in [2.05, 4.69) is 0 Å². The topological polar surface area (TPSA) is 60.4 Å². The molecule has 0 spiro atoms. The zero-order chi connectivity index (χ0) is 26.7. The van der Waals surface area contributed by atoms with Gasteiger partial charge in [-0.2, -0.15) is 5.06 Å². The Balaban J connectivity index is 1.38. The minimum atomic E-state index is -0.744. The second-order valence-electron chi connectivity index (χ2n) is 9.66. The highest BCUT2D eigenvalue weighted by Crippen LogP contribution is 2.28. The van der Waals surface area contributed by atoms with E-state index in [1.165, 1.54) is 5.06 Å². The molecule has 0 bridgehead atoms. The normalized spacial score (nSPS) is 21.2. The molecule has 0 unspecified atom stereocenters. The zero-order valence-corrected chi connectivity index (χ0v) is 21.9. The summed E-state index contributed by atoms with van der Waals surface area (Å²) in [5, 5.41) is 12.4. The third kappa shape index (κ3) is 7.83. The minimum Gasteiger partial charge on any atom is -0.368 e. The maximum Gasteiger partial charge on any atom is 0.161 e. The van der Waals surface area contributed by atoms with Crippen LogP contribution in [0.3, 0.4) is 0 Å². The van der Waals surface area contributed by atoms with E-state index in [1.54, 1.807) is 0 Å². The van der Waals surface area contributed by atoms with Crippen molar-refractivity contribution < 1.29 is 24.2 Å². The van der Waals surface area contributed by atoms with Crippen LogP contribution in [0.25, 0.3) is 0 Å². The van der Waals surface area contributed by atoms with Crippen molar-refractivity contribution in [2.24, 2.45) is 0 Å². The molecule has 0 aromatic heterocycles. The van der Waals surface area contributed by atoms with Crippen LogP contribution >= 0.6 is 0 Å². The quantitative estimate of drug-likeness (QED) is 0.229. The molecule has 0 aliphatic carbocycles. The number of nitrogens with zero attached hydrogens (tertiary/aromatic N) is 1. The first kappa shape index (κ1) is 27.2. The molecule has 4 aromatic rings. The molecule has 202 valence electrons. The molecule has 4 aromatic carbocycles. The van der Waals surface area contributed by atoms with E-state index < -0.39 is 24.5 Å². The van der Waals surface area contributed by atoms with Gasteiger partial charge < -0.3 is 24.2 Å². The number of benzene rings is 4. The Kier molecular flexibility index (Phi) is 9.87. The Hall–Kier alpha value is -3.36. The predicted molar refractivity (Wildman–Crippen MR) is 149 cm³/mol. The lowest BCUT2D eigenvalue weighted by Crippen LogP contribution is -2.60. The molecular weight excluding hydrogens is 490 g/mol. The van der Waals surface area contributed by atoms with Crippen LogP contribution in [0.5, 0.6) is 0 Å². The van der Waals surface area contributed by atoms with E-state index >= 15 is 0 Å². The van der Waals surface area contributed by atoms with Crippen LogP contribution in [-0.4, -0.2) is 41.4 Å². The summed E-state index contributed by atoms with van der Waals surface area (Å²) < 4.78 is 25.6. The van der Waals surface area contributed by atoms with Crippen LogP contribution in [0.15, 0.2) is 121 Å². The van der Waals surface area contributed by atoms with Crippen LogP contribution in [0, 0.1) is 0 Å². The van der Waals surface area contributed by atoms with Gasteiger partial charge in [-0.25, -0.2) is 0 Å². The van der Waals surface area contributed by atoms with Crippen molar-refractivity contribution in [3.8, 4) is 0 Å². The van der Waals surface area contributed by atoms with Crippen LogP contribution in [0.1, 0.15) is 22.3 Å². The first-order valence-electron chi connectivity index (χ1n) is 13.3. The molecule has 0 amide bonds. The Labute approximate surface area is 230 Å². The number of rotatable bonds is 12. The molecule has 1 aliphatic heterocycles. The van der Waals surface area contributed by atoms with Crippen molar-refractivity contribution in [2.45, 2.75) is 50.9 Å². The van der Waals surface area contributed by atoms with E-state index in [9.17, 15) is 5.21 Å². The van der Waals surface area contributed by atoms with Gasteiger partial charge in [-0.15, -0.1) is 0 Å². The second-order valence-corrected chi connectivity index (χ2v) is 9.66. The van der Waals surface area contributed by atoms with E-state index in [4.69, 9.17) is 18.9 Å². The Morgan fingerprint density at radius 3 is 1.46 bits per heavy atom. The van der Waals surface area contributed by atoms with Crippen molar-refractivity contribution >= 4 is 0 Å². The number of hydroxylamine groups is 2. The average Bonchev–Trinajstić information content (AvgIpc) is 3.00. The van der Waals surface area contributed by atoms with Crippen molar-refractivity contribution in [1.82, 2.24) is 5.06 Å². The van der Waals surface area contributed by atoms with Crippen molar-refractivity contribution in [2.75, 3.05) is 6.61 Å². The third-order valence-electron chi connectivity index (χ3n) is 6.76. The summed E-state index contributed by atoms with van der Waals surface area (Å²) in [5.74, 6) is 0. The molecule has 39 heavy (non-hydrogen) atoms. The van der Waals surface area contributed by atoms with Gasteiger partial charge in [0.15, 0.2) is 6.23 Å². The SMILES string of the molecule is ON(Cc1ccccc1)[C@@H]1OC[C@@H](OCc2ccccc2)[C@H](OCc2ccccc2)[C@H]1OCc1ccccc1. The summed E-state index contributed by atoms with van der Waals surface area (Å²) in [4.78, 5) is 0. The highest BCUT2D eigenvalue weighted by atomic mass is 16.6. The fraction of sp³-hybridized carbons (Fsp3) is 0.273. The number of hydrogen-bond acceptors (Lipinski definition) is 6. The van der Waals surface area contributed by atoms with E-state index in [0.717, 1.165) is 22.3 Å². The molecule has 1 N–H and O–H groups in total. The first-order chi connectivity index (χ1) is 19.3. The summed E-state index contributed by atoms with van der Waals surface area (Å²) in [7, 11) is 0. The van der Waals surface area contributed by atoms with Crippen molar-refractivity contribution in [1.29, 1.82) is 0 Å². The molecule has 1 heterocycles. The summed E-state index contributed by atoms with van der Waals surface area (Å²) in [5.41, 5.74) is 4.11. The molecular formula is C33H35NO5. The molecule has 6 nitrogen and oxygen atoms in total. The Bertz CT molecular complexity index is 1230. The van der Waals surface area contributed by atoms with Gasteiger partial charge >= 0.3 is 0 Å². The van der Waals surface area contributed by atoms with Gasteiger partial charge in [-0.1, -0.05) is 121 Å². The van der Waals surface area contributed by atoms with Gasteiger partial charge in [0.1, 0.15) is 18.3 Å². The summed E-state index contributed by atoms with van der Waals surface area (Å²) in [6.07, 6.45) is -2.23. The molecule has 5 rings (SSSR count). The number of hydrogen-bond donors (Lipinski definition) is 1. The van der Waals surface area contributed by atoms with Gasteiger partial charge in [0, 0.05) is 0 Å². The standard InChI is InChI=1S/C33H35NO5/c35-34(21-26-13-5-1-6-14-26)33-32(38-24-29-19-11-4-12-20-29)31(37-23-28-17-9-3-10-18-28)30(25-39-33)36-22-27-15-7-2-8-16-27/h1-20,30-33,35H,21-25H2/t30-,31+,32-,33-/m1/s1. The fourth-order valence-corrected chi connectivity index (χ4v) is 4.71. The minimum absolute atomic E-state index is 0.258. The number of ether oxygens (including phenoxy) is 4. The second kappa shape index (κ2) is 14.1. The maximum absolute atomic E-state index is 11.2. The first-order valence-corrected chi connectivity index (χ1v) is 13.3. The largest absolute Gasteiger partial charge is 0.368 e. The Morgan fingerprint density at radius 1 is 0.564 bits per heavy atom. The monoisotopic (exact) mass is 525 g/mol. The van der Waals surface area contributed by atoms with Crippen LogP contribution in [0.4, 0.5) is 0 Å². The smallest absolute Gasteiger partial charge is 0.161 e. The van der Waals surface area contributed by atoms with Gasteiger partial charge in [0.2, 0.25) is 0 Å². The van der Waals surface area contributed by atoms with E-state index in [1.807, 2.05) is 121 Å². The zero-order valence-electron chi connectivity index (χ0n) is 21.9. The maximum atomic E-state index is 11.2. The molecule has 0 saturated carbocycles. The average molecular weight is 526 g/mol. The molecule has 6 heteroatoms. The molecule has 1 fully saturated rings. The van der Waals surface area contributed by atoms with Gasteiger partial charge in [-0.3, -0.25) is 0 Å². The summed E-state index contributed by atoms with van der Waals surface area (Å²) in [6, 6.07) is 39.9. The molecule has 1 aliphatic rings. The molecule has 4 atom stereocenters. The van der Waals surface area contributed by atoms with Gasteiger partial charge in [0.25, 0.3) is 0 Å². The predicted octanol–water partition coefficient (Wildman–Crippen LogP) is 5.99. The lowest BCUT2D eigenvalue weighted by atomic mass is 10.0. The van der Waals surface area contributed by atoms with Crippen molar-refractivity contribution in [3.63, 3.8) is 0 Å². The van der Waals surface area contributed by atoms with E-state index in [-0.39, 0.29) is 13.2 Å². The van der Waals surface area contributed by atoms with Crippen molar-refractivity contribution in [3.05, 3.63) is 144 Å². The summed E-state index contributed by atoms with van der Waals surface area (Å²) in [6.45, 7) is 1.70.